The summed E-state index contributed by atoms with van der Waals surface area (Å²) in [5.41, 5.74) is -0.0272. The Bertz CT molecular complexity index is 141. The van der Waals surface area contributed by atoms with Gasteiger partial charge in [0.1, 0.15) is 0 Å². The van der Waals surface area contributed by atoms with Crippen molar-refractivity contribution in [2.45, 2.75) is 31.7 Å². The van der Waals surface area contributed by atoms with Crippen LogP contribution in [0.25, 0.3) is 0 Å². The first kappa shape index (κ1) is 7.54. The van der Waals surface area contributed by atoms with E-state index >= 15 is 0 Å². The number of carboxylic acids is 1. The average Bonchev–Trinajstić information content (AvgIpc) is 2.47. The van der Waals surface area contributed by atoms with E-state index in [1.54, 1.807) is 0 Å². The van der Waals surface area contributed by atoms with Crippen LogP contribution in [0.1, 0.15) is 26.2 Å². The number of nitrogens with one attached hydrogen (secondary N) is 1. The zero-order valence-electron chi connectivity index (χ0n) is 6.18. The standard InChI is InChI=1S/C7H13NO2/c1-2-8-7(3-4-7)5-6(9)10/h8H,2-5H2,1H3,(H,9,10). The highest BCUT2D eigenvalue weighted by Gasteiger charge is 2.43. The number of carboxylic acid groups (broad SMARTS) is 1. The van der Waals surface area contributed by atoms with Gasteiger partial charge in [-0.05, 0) is 19.4 Å². The first-order chi connectivity index (χ1) is 4.68. The van der Waals surface area contributed by atoms with Crippen molar-refractivity contribution in [2.75, 3.05) is 6.54 Å². The molecule has 0 bridgehead atoms. The lowest BCUT2D eigenvalue weighted by atomic mass is 10.2. The summed E-state index contributed by atoms with van der Waals surface area (Å²) in [6.45, 7) is 2.87. The van der Waals surface area contributed by atoms with Crippen LogP contribution >= 0.6 is 0 Å². The number of aliphatic carboxylic acids is 1. The smallest absolute Gasteiger partial charge is 0.305 e. The molecule has 3 nitrogen and oxygen atoms in total. The summed E-state index contributed by atoms with van der Waals surface area (Å²) in [4.78, 5) is 10.3. The molecule has 58 valence electrons. The second kappa shape index (κ2) is 2.58. The molecule has 2 N–H and O–H groups in total. The normalized spacial score (nSPS) is 20.5. The molecule has 1 aliphatic rings. The van der Waals surface area contributed by atoms with Crippen LogP contribution in [0.15, 0.2) is 0 Å². The van der Waals surface area contributed by atoms with Crippen molar-refractivity contribution < 1.29 is 9.90 Å². The van der Waals surface area contributed by atoms with E-state index in [2.05, 4.69) is 5.32 Å². The van der Waals surface area contributed by atoms with Gasteiger partial charge in [-0.3, -0.25) is 4.79 Å². The second-order valence-electron chi connectivity index (χ2n) is 2.88. The van der Waals surface area contributed by atoms with Crippen molar-refractivity contribution in [1.82, 2.24) is 5.32 Å². The molecule has 0 aromatic heterocycles. The molecule has 0 radical (unpaired) electrons. The van der Waals surface area contributed by atoms with Gasteiger partial charge in [0.05, 0.1) is 6.42 Å². The molecule has 0 aliphatic heterocycles. The predicted molar refractivity (Wildman–Crippen MR) is 37.9 cm³/mol. The molecule has 10 heavy (non-hydrogen) atoms. The third kappa shape index (κ3) is 1.70. The highest BCUT2D eigenvalue weighted by Crippen LogP contribution is 2.38. The van der Waals surface area contributed by atoms with Gasteiger partial charge in [0, 0.05) is 5.54 Å². The van der Waals surface area contributed by atoms with E-state index in [1.165, 1.54) is 0 Å². The summed E-state index contributed by atoms with van der Waals surface area (Å²) in [5.74, 6) is -0.696. The molecule has 1 rings (SSSR count). The molecule has 0 saturated heterocycles. The zero-order valence-corrected chi connectivity index (χ0v) is 6.18. The molecule has 3 heteroatoms. The van der Waals surface area contributed by atoms with Gasteiger partial charge in [-0.15, -0.1) is 0 Å². The lowest BCUT2D eigenvalue weighted by Crippen LogP contribution is -2.33. The summed E-state index contributed by atoms with van der Waals surface area (Å²) >= 11 is 0. The Hall–Kier alpha value is -0.570. The third-order valence-electron chi connectivity index (χ3n) is 1.89. The minimum atomic E-state index is -0.696. The Labute approximate surface area is 60.4 Å². The Morgan fingerprint density at radius 2 is 2.30 bits per heavy atom. The fourth-order valence-electron chi connectivity index (χ4n) is 1.23. The molecule has 1 saturated carbocycles. The van der Waals surface area contributed by atoms with E-state index < -0.39 is 5.97 Å². The number of hydrogen-bond acceptors (Lipinski definition) is 2. The highest BCUT2D eigenvalue weighted by atomic mass is 16.4. The largest absolute Gasteiger partial charge is 0.481 e. The molecular weight excluding hydrogens is 130 g/mol. The van der Waals surface area contributed by atoms with E-state index in [4.69, 9.17) is 5.11 Å². The van der Waals surface area contributed by atoms with Crippen molar-refractivity contribution in [2.24, 2.45) is 0 Å². The molecule has 0 spiro atoms. The SMILES string of the molecule is CCNC1(CC(=O)O)CC1. The average molecular weight is 143 g/mol. The summed E-state index contributed by atoms with van der Waals surface area (Å²) in [7, 11) is 0. The number of carbonyl (C=O) groups is 1. The summed E-state index contributed by atoms with van der Waals surface area (Å²) in [5, 5.41) is 11.7. The fourth-order valence-corrected chi connectivity index (χ4v) is 1.23. The van der Waals surface area contributed by atoms with Gasteiger partial charge in [-0.1, -0.05) is 6.92 Å². The number of rotatable bonds is 4. The van der Waals surface area contributed by atoms with Crippen molar-refractivity contribution in [1.29, 1.82) is 0 Å². The molecule has 0 aromatic carbocycles. The summed E-state index contributed by atoms with van der Waals surface area (Å²) in [6.07, 6.45) is 2.32. The summed E-state index contributed by atoms with van der Waals surface area (Å²) in [6, 6.07) is 0. The molecule has 0 atom stereocenters. The maximum absolute atomic E-state index is 10.3. The fraction of sp³-hybridized carbons (Fsp3) is 0.857. The molecule has 0 unspecified atom stereocenters. The predicted octanol–water partition coefficient (Wildman–Crippen LogP) is 0.603. The quantitative estimate of drug-likeness (QED) is 0.606. The van der Waals surface area contributed by atoms with Gasteiger partial charge in [0.2, 0.25) is 0 Å². The number of hydrogen-bond donors (Lipinski definition) is 2. The lowest BCUT2D eigenvalue weighted by molar-refractivity contribution is -0.137. The Morgan fingerprint density at radius 3 is 2.60 bits per heavy atom. The third-order valence-corrected chi connectivity index (χ3v) is 1.89. The van der Waals surface area contributed by atoms with E-state index in [0.717, 1.165) is 19.4 Å². The molecule has 1 aliphatic carbocycles. The lowest BCUT2D eigenvalue weighted by Gasteiger charge is -2.11. The maximum atomic E-state index is 10.3. The van der Waals surface area contributed by atoms with Crippen LogP contribution in [0, 0.1) is 0 Å². The van der Waals surface area contributed by atoms with Gasteiger partial charge in [-0.2, -0.15) is 0 Å². The van der Waals surface area contributed by atoms with Crippen molar-refractivity contribution in [3.05, 3.63) is 0 Å². The minimum Gasteiger partial charge on any atom is -0.481 e. The highest BCUT2D eigenvalue weighted by molar-refractivity contribution is 5.69. The summed E-state index contributed by atoms with van der Waals surface area (Å²) < 4.78 is 0. The molecular formula is C7H13NO2. The van der Waals surface area contributed by atoms with Crippen LogP contribution in [0.3, 0.4) is 0 Å². The van der Waals surface area contributed by atoms with Crippen LogP contribution in [-0.2, 0) is 4.79 Å². The van der Waals surface area contributed by atoms with Crippen LogP contribution in [0.2, 0.25) is 0 Å². The molecule has 0 amide bonds. The second-order valence-corrected chi connectivity index (χ2v) is 2.88. The van der Waals surface area contributed by atoms with Crippen molar-refractivity contribution in [3.63, 3.8) is 0 Å². The van der Waals surface area contributed by atoms with Gasteiger partial charge < -0.3 is 10.4 Å². The zero-order chi connectivity index (χ0) is 7.61. The van der Waals surface area contributed by atoms with Gasteiger partial charge in [0.25, 0.3) is 0 Å². The Morgan fingerprint density at radius 1 is 1.70 bits per heavy atom. The van der Waals surface area contributed by atoms with Crippen LogP contribution in [-0.4, -0.2) is 23.2 Å². The van der Waals surface area contributed by atoms with Crippen LogP contribution in [0.4, 0.5) is 0 Å². The molecule has 0 aromatic rings. The monoisotopic (exact) mass is 143 g/mol. The van der Waals surface area contributed by atoms with Gasteiger partial charge in [0.15, 0.2) is 0 Å². The molecule has 0 heterocycles. The first-order valence-electron chi connectivity index (χ1n) is 3.65. The van der Waals surface area contributed by atoms with E-state index in [-0.39, 0.29) is 12.0 Å². The molecule has 1 fully saturated rings. The van der Waals surface area contributed by atoms with E-state index in [0.29, 0.717) is 0 Å². The van der Waals surface area contributed by atoms with Crippen molar-refractivity contribution >= 4 is 5.97 Å². The Kier molecular flexibility index (Phi) is 1.94. The van der Waals surface area contributed by atoms with E-state index in [1.807, 2.05) is 6.92 Å². The topological polar surface area (TPSA) is 49.3 Å². The van der Waals surface area contributed by atoms with Crippen LogP contribution < -0.4 is 5.32 Å². The minimum absolute atomic E-state index is 0.0272. The first-order valence-corrected chi connectivity index (χ1v) is 3.65. The van der Waals surface area contributed by atoms with Crippen LogP contribution in [0.5, 0.6) is 0 Å². The Balaban J connectivity index is 2.30. The van der Waals surface area contributed by atoms with Gasteiger partial charge in [-0.25, -0.2) is 0 Å². The van der Waals surface area contributed by atoms with Crippen molar-refractivity contribution in [3.8, 4) is 0 Å². The van der Waals surface area contributed by atoms with E-state index in [9.17, 15) is 4.79 Å². The maximum Gasteiger partial charge on any atom is 0.305 e. The van der Waals surface area contributed by atoms with Gasteiger partial charge >= 0.3 is 5.97 Å².